The minimum absolute atomic E-state index is 0.700. The smallest absolute Gasteiger partial charge is 0.0387 e. The number of anilines is 2. The average molecular weight is 233 g/mol. The van der Waals surface area contributed by atoms with Crippen LogP contribution in [0.1, 0.15) is 20.3 Å². The molecule has 0 radical (unpaired) electrons. The van der Waals surface area contributed by atoms with Crippen molar-refractivity contribution < 1.29 is 0 Å². The van der Waals surface area contributed by atoms with Crippen molar-refractivity contribution in [1.29, 1.82) is 0 Å². The summed E-state index contributed by atoms with van der Waals surface area (Å²) in [6, 6.07) is 8.91. The van der Waals surface area contributed by atoms with Crippen molar-refractivity contribution in [3.63, 3.8) is 0 Å². The molecule has 2 rings (SSSR count). The Morgan fingerprint density at radius 3 is 2.76 bits per heavy atom. The molecular formula is C14H23N3. The van der Waals surface area contributed by atoms with Crippen LogP contribution in [0.25, 0.3) is 0 Å². The maximum absolute atomic E-state index is 5.84. The zero-order chi connectivity index (χ0) is 12.3. The Morgan fingerprint density at radius 2 is 2.12 bits per heavy atom. The fourth-order valence-electron chi connectivity index (χ4n) is 2.74. The van der Waals surface area contributed by atoms with Crippen LogP contribution in [0.4, 0.5) is 11.4 Å². The Labute approximate surface area is 104 Å². The summed E-state index contributed by atoms with van der Waals surface area (Å²) in [6.07, 6.45) is 1.26. The molecule has 0 saturated carbocycles. The van der Waals surface area contributed by atoms with Gasteiger partial charge < -0.3 is 10.6 Å². The number of nitrogens with zero attached hydrogens (tertiary/aromatic N) is 2. The number of nitrogens with two attached hydrogens (primary N) is 1. The molecule has 1 aromatic rings. The minimum Gasteiger partial charge on any atom is -0.399 e. The van der Waals surface area contributed by atoms with E-state index in [1.54, 1.807) is 0 Å². The Morgan fingerprint density at radius 1 is 1.35 bits per heavy atom. The van der Waals surface area contributed by atoms with Crippen molar-refractivity contribution in [2.45, 2.75) is 26.3 Å². The molecule has 3 heteroatoms. The first-order valence-electron chi connectivity index (χ1n) is 6.59. The highest BCUT2D eigenvalue weighted by Gasteiger charge is 2.26. The fraction of sp³-hybridized carbons (Fsp3) is 0.571. The van der Waals surface area contributed by atoms with Crippen LogP contribution in [-0.4, -0.2) is 37.1 Å². The summed E-state index contributed by atoms with van der Waals surface area (Å²) in [5.41, 5.74) is 7.95. The van der Waals surface area contributed by atoms with Crippen molar-refractivity contribution in [3.8, 4) is 0 Å². The first-order chi connectivity index (χ1) is 8.24. The monoisotopic (exact) mass is 233 g/mol. The lowest BCUT2D eigenvalue weighted by molar-refractivity contribution is 0.232. The highest BCUT2D eigenvalue weighted by Crippen LogP contribution is 2.24. The third-order valence-electron chi connectivity index (χ3n) is 3.73. The van der Waals surface area contributed by atoms with Crippen LogP contribution in [0.2, 0.25) is 0 Å². The van der Waals surface area contributed by atoms with Gasteiger partial charge in [-0.25, -0.2) is 0 Å². The molecule has 1 unspecified atom stereocenters. The Kier molecular flexibility index (Phi) is 3.89. The standard InChI is InChI=1S/C14H23N3/c1-3-16(4-2)14-8-9-17(11-14)13-7-5-6-12(15)10-13/h5-7,10,14H,3-4,8-9,11,15H2,1-2H3. The molecular weight excluding hydrogens is 210 g/mol. The molecule has 0 bridgehead atoms. The van der Waals surface area contributed by atoms with E-state index in [9.17, 15) is 0 Å². The summed E-state index contributed by atoms with van der Waals surface area (Å²) in [6.45, 7) is 9.05. The number of rotatable bonds is 4. The highest BCUT2D eigenvalue weighted by atomic mass is 15.2. The summed E-state index contributed by atoms with van der Waals surface area (Å²) in [5.74, 6) is 0. The van der Waals surface area contributed by atoms with Crippen LogP contribution in [0, 0.1) is 0 Å². The van der Waals surface area contributed by atoms with Gasteiger partial charge in [0.25, 0.3) is 0 Å². The van der Waals surface area contributed by atoms with E-state index in [-0.39, 0.29) is 0 Å². The van der Waals surface area contributed by atoms with E-state index < -0.39 is 0 Å². The van der Waals surface area contributed by atoms with Crippen LogP contribution in [0.3, 0.4) is 0 Å². The molecule has 1 atom stereocenters. The van der Waals surface area contributed by atoms with Gasteiger partial charge >= 0.3 is 0 Å². The summed E-state index contributed by atoms with van der Waals surface area (Å²) in [7, 11) is 0. The van der Waals surface area contributed by atoms with Gasteiger partial charge in [0.2, 0.25) is 0 Å². The molecule has 0 amide bonds. The van der Waals surface area contributed by atoms with E-state index in [1.807, 2.05) is 12.1 Å². The van der Waals surface area contributed by atoms with Crippen LogP contribution in [-0.2, 0) is 0 Å². The van der Waals surface area contributed by atoms with Crippen molar-refractivity contribution in [3.05, 3.63) is 24.3 Å². The van der Waals surface area contributed by atoms with Crippen molar-refractivity contribution in [2.75, 3.05) is 36.8 Å². The quantitative estimate of drug-likeness (QED) is 0.809. The SMILES string of the molecule is CCN(CC)C1CCN(c2cccc(N)c2)C1. The fourth-order valence-corrected chi connectivity index (χ4v) is 2.74. The summed E-state index contributed by atoms with van der Waals surface area (Å²) >= 11 is 0. The molecule has 1 aromatic carbocycles. The first kappa shape index (κ1) is 12.2. The molecule has 0 spiro atoms. The molecule has 0 aromatic heterocycles. The van der Waals surface area contributed by atoms with Crippen LogP contribution < -0.4 is 10.6 Å². The van der Waals surface area contributed by atoms with E-state index in [2.05, 4.69) is 35.8 Å². The summed E-state index contributed by atoms with van der Waals surface area (Å²) in [4.78, 5) is 4.99. The zero-order valence-electron chi connectivity index (χ0n) is 10.9. The van der Waals surface area contributed by atoms with E-state index >= 15 is 0 Å². The molecule has 1 heterocycles. The molecule has 17 heavy (non-hydrogen) atoms. The summed E-state index contributed by atoms with van der Waals surface area (Å²) < 4.78 is 0. The van der Waals surface area contributed by atoms with Crippen LogP contribution >= 0.6 is 0 Å². The lowest BCUT2D eigenvalue weighted by Gasteiger charge is -2.26. The van der Waals surface area contributed by atoms with E-state index in [4.69, 9.17) is 5.73 Å². The molecule has 0 aliphatic carbocycles. The normalized spacial score (nSPS) is 20.2. The Bertz CT molecular complexity index is 360. The molecule has 1 aliphatic heterocycles. The second-order valence-electron chi connectivity index (χ2n) is 4.70. The average Bonchev–Trinajstić information content (AvgIpc) is 2.80. The van der Waals surface area contributed by atoms with Gasteiger partial charge in [-0.15, -0.1) is 0 Å². The van der Waals surface area contributed by atoms with Crippen molar-refractivity contribution in [2.24, 2.45) is 0 Å². The molecule has 94 valence electrons. The number of benzene rings is 1. The predicted octanol–water partition coefficient (Wildman–Crippen LogP) is 2.19. The van der Waals surface area contributed by atoms with E-state index in [0.29, 0.717) is 6.04 Å². The molecule has 2 N–H and O–H groups in total. The number of hydrogen-bond acceptors (Lipinski definition) is 3. The van der Waals surface area contributed by atoms with Crippen molar-refractivity contribution in [1.82, 2.24) is 4.90 Å². The van der Waals surface area contributed by atoms with Gasteiger partial charge in [0.1, 0.15) is 0 Å². The predicted molar refractivity (Wildman–Crippen MR) is 74.4 cm³/mol. The van der Waals surface area contributed by atoms with Gasteiger partial charge in [-0.2, -0.15) is 0 Å². The van der Waals surface area contributed by atoms with Gasteiger partial charge in [0.15, 0.2) is 0 Å². The lowest BCUT2D eigenvalue weighted by Crippen LogP contribution is -2.37. The second kappa shape index (κ2) is 5.41. The third kappa shape index (κ3) is 2.72. The minimum atomic E-state index is 0.700. The van der Waals surface area contributed by atoms with Gasteiger partial charge in [-0.1, -0.05) is 19.9 Å². The topological polar surface area (TPSA) is 32.5 Å². The lowest BCUT2D eigenvalue weighted by atomic mass is 10.2. The van der Waals surface area contributed by atoms with Gasteiger partial charge in [0, 0.05) is 30.5 Å². The first-order valence-corrected chi connectivity index (χ1v) is 6.59. The van der Waals surface area contributed by atoms with Crippen LogP contribution in [0.15, 0.2) is 24.3 Å². The van der Waals surface area contributed by atoms with Gasteiger partial charge in [0.05, 0.1) is 0 Å². The molecule has 1 fully saturated rings. The Hall–Kier alpha value is -1.22. The maximum atomic E-state index is 5.84. The second-order valence-corrected chi connectivity index (χ2v) is 4.70. The number of likely N-dealkylation sites (N-methyl/N-ethyl adjacent to an activating group) is 1. The largest absolute Gasteiger partial charge is 0.399 e. The van der Waals surface area contributed by atoms with Gasteiger partial charge in [-0.3, -0.25) is 4.90 Å². The van der Waals surface area contributed by atoms with Gasteiger partial charge in [-0.05, 0) is 37.7 Å². The number of hydrogen-bond donors (Lipinski definition) is 1. The Balaban J connectivity index is 2.02. The molecule has 3 nitrogen and oxygen atoms in total. The van der Waals surface area contributed by atoms with E-state index in [1.165, 1.54) is 12.1 Å². The third-order valence-corrected chi connectivity index (χ3v) is 3.73. The number of nitrogen functional groups attached to an aromatic ring is 1. The van der Waals surface area contributed by atoms with Crippen molar-refractivity contribution >= 4 is 11.4 Å². The molecule has 1 saturated heterocycles. The van der Waals surface area contributed by atoms with E-state index in [0.717, 1.165) is 31.9 Å². The summed E-state index contributed by atoms with van der Waals surface area (Å²) in [5, 5.41) is 0. The maximum Gasteiger partial charge on any atom is 0.0387 e. The highest BCUT2D eigenvalue weighted by molar-refractivity contribution is 5.56. The van der Waals surface area contributed by atoms with Crippen LogP contribution in [0.5, 0.6) is 0 Å². The molecule has 1 aliphatic rings. The zero-order valence-corrected chi connectivity index (χ0v) is 10.9.